The second kappa shape index (κ2) is 7.55. The summed E-state index contributed by atoms with van der Waals surface area (Å²) in [6, 6.07) is -1.23. The molecular formula is C11H19NO9S. The number of aliphatic hydroxyl groups excluding tert-OH is 4. The summed E-state index contributed by atoms with van der Waals surface area (Å²) in [5, 5.41) is 50.7. The first kappa shape index (κ1) is 19.1. The molecule has 1 aliphatic rings. The van der Waals surface area contributed by atoms with Crippen LogP contribution in [0.2, 0.25) is 0 Å². The van der Waals surface area contributed by atoms with Crippen molar-refractivity contribution in [1.82, 2.24) is 5.32 Å². The molecule has 0 aromatic rings. The van der Waals surface area contributed by atoms with Gasteiger partial charge in [0.05, 0.1) is 18.8 Å². The van der Waals surface area contributed by atoms with Gasteiger partial charge in [0.2, 0.25) is 5.91 Å². The summed E-state index contributed by atoms with van der Waals surface area (Å²) in [6.07, 6.45) is -7.25. The van der Waals surface area contributed by atoms with Gasteiger partial charge >= 0.3 is 5.97 Å². The molecule has 22 heavy (non-hydrogen) atoms. The Balaban J connectivity index is 3.09. The Bertz CT molecular complexity index is 422. The van der Waals surface area contributed by atoms with Gasteiger partial charge in [0.25, 0.3) is 5.79 Å². The normalized spacial score (nSPS) is 34.6. The second-order valence-corrected chi connectivity index (χ2v) is 5.17. The fraction of sp³-hybridized carbons (Fsp3) is 0.818. The SMILES string of the molecule is CC(=O)NC1C(O)CC(O)(C(=O)OS)OC1C(O)C(O)CO. The molecule has 0 spiro atoms. The quantitative estimate of drug-likeness (QED) is 0.198. The van der Waals surface area contributed by atoms with Gasteiger partial charge in [0, 0.05) is 26.3 Å². The van der Waals surface area contributed by atoms with E-state index in [1.165, 1.54) is 0 Å². The summed E-state index contributed by atoms with van der Waals surface area (Å²) in [7, 11) is 0. The van der Waals surface area contributed by atoms with Crippen LogP contribution in [0.3, 0.4) is 0 Å². The standard InChI is InChI=1S/C11H19NO9S/c1-4(14)12-7-5(15)2-11(19,10(18)21-22)20-9(7)8(17)6(16)3-13/h5-9,13,15-17,19,22H,2-3H2,1H3,(H,12,14). The summed E-state index contributed by atoms with van der Waals surface area (Å²) in [6.45, 7) is 0.292. The monoisotopic (exact) mass is 341 g/mol. The van der Waals surface area contributed by atoms with Crippen molar-refractivity contribution in [3.63, 3.8) is 0 Å². The van der Waals surface area contributed by atoms with Crippen LogP contribution in [0.1, 0.15) is 13.3 Å². The van der Waals surface area contributed by atoms with Crippen molar-refractivity contribution in [2.24, 2.45) is 0 Å². The smallest absolute Gasteiger partial charge is 0.378 e. The third kappa shape index (κ3) is 4.07. The molecule has 0 aromatic heterocycles. The van der Waals surface area contributed by atoms with E-state index in [0.29, 0.717) is 0 Å². The van der Waals surface area contributed by atoms with Gasteiger partial charge in [0.1, 0.15) is 18.3 Å². The molecule has 1 heterocycles. The molecule has 1 saturated heterocycles. The van der Waals surface area contributed by atoms with E-state index < -0.39 is 61.1 Å². The Kier molecular flexibility index (Phi) is 6.55. The van der Waals surface area contributed by atoms with Gasteiger partial charge in [-0.05, 0) is 0 Å². The zero-order valence-corrected chi connectivity index (χ0v) is 12.5. The van der Waals surface area contributed by atoms with Crippen molar-refractivity contribution in [2.45, 2.75) is 49.6 Å². The molecule has 1 amide bonds. The second-order valence-electron chi connectivity index (χ2n) is 4.98. The van der Waals surface area contributed by atoms with Gasteiger partial charge in [-0.2, -0.15) is 0 Å². The predicted octanol–water partition coefficient (Wildman–Crippen LogP) is -3.57. The highest BCUT2D eigenvalue weighted by Gasteiger charge is 2.54. The van der Waals surface area contributed by atoms with Crippen LogP contribution in [0.5, 0.6) is 0 Å². The molecule has 6 unspecified atom stereocenters. The van der Waals surface area contributed by atoms with Crippen molar-refractivity contribution in [3.05, 3.63) is 0 Å². The van der Waals surface area contributed by atoms with E-state index >= 15 is 0 Å². The molecule has 0 radical (unpaired) electrons. The maximum Gasteiger partial charge on any atom is 0.378 e. The van der Waals surface area contributed by atoms with Crippen LogP contribution < -0.4 is 5.32 Å². The number of carbonyl (C=O) groups is 2. The highest BCUT2D eigenvalue weighted by atomic mass is 32.1. The van der Waals surface area contributed by atoms with E-state index in [2.05, 4.69) is 22.4 Å². The fourth-order valence-corrected chi connectivity index (χ4v) is 2.34. The minimum atomic E-state index is -2.63. The first-order valence-electron chi connectivity index (χ1n) is 6.34. The number of nitrogens with one attached hydrogen (secondary N) is 1. The Morgan fingerprint density at radius 1 is 1.50 bits per heavy atom. The average Bonchev–Trinajstić information content (AvgIpc) is 2.46. The van der Waals surface area contributed by atoms with Crippen molar-refractivity contribution < 1.29 is 44.0 Å². The number of carbonyl (C=O) groups excluding carboxylic acids is 2. The first-order chi connectivity index (χ1) is 10.2. The minimum Gasteiger partial charge on any atom is -0.394 e. The number of hydrogen-bond acceptors (Lipinski definition) is 10. The Morgan fingerprint density at radius 3 is 2.55 bits per heavy atom. The summed E-state index contributed by atoms with van der Waals surface area (Å²) >= 11 is 3.24. The van der Waals surface area contributed by atoms with Crippen LogP contribution >= 0.6 is 12.9 Å². The number of hydrogen-bond donors (Lipinski definition) is 7. The Hall–Kier alpha value is -0.950. The van der Waals surface area contributed by atoms with Crippen LogP contribution in [0.25, 0.3) is 0 Å². The van der Waals surface area contributed by atoms with Crippen LogP contribution in [0.4, 0.5) is 0 Å². The molecule has 1 rings (SSSR count). The van der Waals surface area contributed by atoms with Gasteiger partial charge in [-0.3, -0.25) is 4.79 Å². The Labute approximate surface area is 131 Å². The zero-order valence-electron chi connectivity index (χ0n) is 11.6. The number of aliphatic hydroxyl groups is 5. The molecule has 1 fully saturated rings. The lowest BCUT2D eigenvalue weighted by molar-refractivity contribution is -0.293. The van der Waals surface area contributed by atoms with Crippen molar-refractivity contribution >= 4 is 24.8 Å². The first-order valence-corrected chi connectivity index (χ1v) is 6.71. The number of rotatable bonds is 5. The van der Waals surface area contributed by atoms with Crippen LogP contribution in [0.15, 0.2) is 0 Å². The van der Waals surface area contributed by atoms with E-state index in [0.717, 1.165) is 6.92 Å². The van der Waals surface area contributed by atoms with E-state index in [4.69, 9.17) is 9.84 Å². The van der Waals surface area contributed by atoms with Crippen molar-refractivity contribution in [1.29, 1.82) is 0 Å². The van der Waals surface area contributed by atoms with Gasteiger partial charge in [0.15, 0.2) is 0 Å². The molecule has 10 nitrogen and oxygen atoms in total. The van der Waals surface area contributed by atoms with Crippen LogP contribution in [-0.4, -0.2) is 80.3 Å². The molecule has 0 bridgehead atoms. The van der Waals surface area contributed by atoms with Crippen molar-refractivity contribution in [3.8, 4) is 0 Å². The third-order valence-corrected chi connectivity index (χ3v) is 3.44. The average molecular weight is 341 g/mol. The third-order valence-electron chi connectivity index (χ3n) is 3.28. The number of thiol groups is 1. The van der Waals surface area contributed by atoms with E-state index in [1.807, 2.05) is 0 Å². The van der Waals surface area contributed by atoms with E-state index in [1.54, 1.807) is 0 Å². The van der Waals surface area contributed by atoms with Gasteiger partial charge in [-0.15, -0.1) is 0 Å². The lowest BCUT2D eigenvalue weighted by atomic mass is 9.88. The summed E-state index contributed by atoms with van der Waals surface area (Å²) in [5.41, 5.74) is 0. The molecule has 0 saturated carbocycles. The number of ether oxygens (including phenoxy) is 1. The van der Waals surface area contributed by atoms with Crippen LogP contribution in [0, 0.1) is 0 Å². The highest BCUT2D eigenvalue weighted by Crippen LogP contribution is 2.31. The summed E-state index contributed by atoms with van der Waals surface area (Å²) < 4.78 is 9.09. The van der Waals surface area contributed by atoms with Crippen LogP contribution in [-0.2, 0) is 18.5 Å². The summed E-state index contributed by atoms with van der Waals surface area (Å²) in [4.78, 5) is 22.7. The molecular weight excluding hydrogens is 322 g/mol. The lowest BCUT2D eigenvalue weighted by Crippen LogP contribution is -2.67. The predicted molar refractivity (Wildman–Crippen MR) is 72.2 cm³/mol. The largest absolute Gasteiger partial charge is 0.394 e. The van der Waals surface area contributed by atoms with E-state index in [-0.39, 0.29) is 0 Å². The highest BCUT2D eigenvalue weighted by molar-refractivity contribution is 7.75. The maximum atomic E-state index is 11.5. The number of amides is 1. The van der Waals surface area contributed by atoms with Crippen molar-refractivity contribution in [2.75, 3.05) is 6.61 Å². The van der Waals surface area contributed by atoms with E-state index in [9.17, 15) is 30.0 Å². The molecule has 128 valence electrons. The molecule has 6 N–H and O–H groups in total. The van der Waals surface area contributed by atoms with Gasteiger partial charge in [-0.25, -0.2) is 4.79 Å². The topological polar surface area (TPSA) is 166 Å². The maximum absolute atomic E-state index is 11.5. The van der Waals surface area contributed by atoms with Gasteiger partial charge in [-0.1, -0.05) is 0 Å². The molecule has 11 heteroatoms. The Morgan fingerprint density at radius 2 is 2.09 bits per heavy atom. The zero-order chi connectivity index (χ0) is 17.1. The molecule has 6 atom stereocenters. The minimum absolute atomic E-state index is 0.578. The molecule has 1 aliphatic heterocycles. The lowest BCUT2D eigenvalue weighted by Gasteiger charge is -2.44. The van der Waals surface area contributed by atoms with Gasteiger partial charge < -0.3 is 39.8 Å². The molecule has 0 aliphatic carbocycles. The molecule has 0 aromatic carbocycles. The fourth-order valence-electron chi connectivity index (χ4n) is 2.20. The summed E-state index contributed by atoms with van der Waals surface area (Å²) in [5.74, 6) is -4.55.